The number of hydrogen-bond acceptors (Lipinski definition) is 5. The highest BCUT2D eigenvalue weighted by molar-refractivity contribution is 6.41. The molecule has 27 heavy (non-hydrogen) atoms. The number of ketones is 2. The Labute approximate surface area is 154 Å². The molecule has 1 heterocycles. The topological polar surface area (TPSA) is 87.4 Å². The molecule has 0 saturated carbocycles. The summed E-state index contributed by atoms with van der Waals surface area (Å²) in [6.45, 7) is 1.77. The number of allylic oxidation sites excluding steroid dienone is 1. The molecule has 0 N–H and O–H groups in total. The van der Waals surface area contributed by atoms with Crippen molar-refractivity contribution < 1.29 is 23.9 Å². The number of carboxylic acid groups (broad SMARTS) is 1. The molecule has 0 fully saturated rings. The highest BCUT2D eigenvalue weighted by atomic mass is 16.4. The minimum absolute atomic E-state index is 0.0705. The molecule has 0 radical (unpaired) electrons. The van der Waals surface area contributed by atoms with Crippen LogP contribution < -0.4 is 5.11 Å². The molecule has 5 heteroatoms. The third-order valence-electron chi connectivity index (χ3n) is 4.55. The van der Waals surface area contributed by atoms with Gasteiger partial charge in [0.2, 0.25) is 0 Å². The first-order valence-corrected chi connectivity index (χ1v) is 8.28. The maximum Gasteiger partial charge on any atom is 0.197 e. The van der Waals surface area contributed by atoms with Gasteiger partial charge < -0.3 is 14.3 Å². The summed E-state index contributed by atoms with van der Waals surface area (Å²) in [7, 11) is 0. The monoisotopic (exact) mass is 357 g/mol. The molecule has 0 aliphatic heterocycles. The zero-order valence-corrected chi connectivity index (χ0v) is 14.3. The van der Waals surface area contributed by atoms with Crippen molar-refractivity contribution in [3.8, 4) is 11.3 Å². The van der Waals surface area contributed by atoms with Gasteiger partial charge in [-0.25, -0.2) is 0 Å². The van der Waals surface area contributed by atoms with Crippen LogP contribution in [0.15, 0.2) is 64.6 Å². The molecule has 0 spiro atoms. The molecular weight excluding hydrogens is 344 g/mol. The van der Waals surface area contributed by atoms with Gasteiger partial charge in [0.05, 0.1) is 11.5 Å². The van der Waals surface area contributed by atoms with Crippen molar-refractivity contribution in [1.82, 2.24) is 0 Å². The average Bonchev–Trinajstić information content (AvgIpc) is 3.21. The van der Waals surface area contributed by atoms with Gasteiger partial charge >= 0.3 is 0 Å². The molecule has 4 rings (SSSR count). The van der Waals surface area contributed by atoms with Crippen LogP contribution in [0.5, 0.6) is 0 Å². The van der Waals surface area contributed by atoms with Crippen LogP contribution in [0.25, 0.3) is 17.4 Å². The molecule has 2 aromatic carbocycles. The van der Waals surface area contributed by atoms with Crippen LogP contribution in [-0.4, -0.2) is 17.5 Å². The lowest BCUT2D eigenvalue weighted by Gasteiger charge is -2.07. The average molecular weight is 357 g/mol. The first kappa shape index (κ1) is 16.7. The number of benzene rings is 2. The van der Waals surface area contributed by atoms with Crippen LogP contribution in [0, 0.1) is 6.92 Å². The predicted octanol–water partition coefficient (Wildman–Crippen LogP) is 3.08. The van der Waals surface area contributed by atoms with Gasteiger partial charge in [0.1, 0.15) is 11.5 Å². The largest absolute Gasteiger partial charge is 0.545 e. The van der Waals surface area contributed by atoms with Crippen LogP contribution in [0.4, 0.5) is 0 Å². The lowest BCUT2D eigenvalue weighted by Crippen LogP contribution is -2.22. The van der Waals surface area contributed by atoms with Gasteiger partial charge in [0, 0.05) is 16.7 Å². The summed E-state index contributed by atoms with van der Waals surface area (Å²) in [6.07, 6.45) is 1.44. The highest BCUT2D eigenvalue weighted by Crippen LogP contribution is 2.30. The number of furan rings is 1. The molecule has 132 valence electrons. The molecule has 0 bridgehead atoms. The summed E-state index contributed by atoms with van der Waals surface area (Å²) in [5.74, 6) is -0.990. The van der Waals surface area contributed by atoms with E-state index in [1.165, 1.54) is 18.2 Å². The summed E-state index contributed by atoms with van der Waals surface area (Å²) < 4.78 is 5.76. The van der Waals surface area contributed by atoms with E-state index in [0.717, 1.165) is 5.56 Å². The molecule has 3 aromatic rings. The van der Waals surface area contributed by atoms with E-state index in [-0.39, 0.29) is 22.7 Å². The smallest absolute Gasteiger partial charge is 0.197 e. The highest BCUT2D eigenvalue weighted by Gasteiger charge is 2.32. The van der Waals surface area contributed by atoms with E-state index in [1.807, 2.05) is 0 Å². The van der Waals surface area contributed by atoms with E-state index in [2.05, 4.69) is 0 Å². The summed E-state index contributed by atoms with van der Waals surface area (Å²) >= 11 is 0. The lowest BCUT2D eigenvalue weighted by atomic mass is 10.0. The van der Waals surface area contributed by atoms with Crippen molar-refractivity contribution in [2.45, 2.75) is 6.92 Å². The normalized spacial score (nSPS) is 13.0. The summed E-state index contributed by atoms with van der Waals surface area (Å²) in [6, 6.07) is 14.7. The Morgan fingerprint density at radius 1 is 0.926 bits per heavy atom. The molecule has 0 atom stereocenters. The Kier molecular flexibility index (Phi) is 3.85. The third-order valence-corrected chi connectivity index (χ3v) is 4.55. The second kappa shape index (κ2) is 6.21. The van der Waals surface area contributed by atoms with E-state index < -0.39 is 5.97 Å². The maximum atomic E-state index is 12.5. The minimum atomic E-state index is -1.24. The Morgan fingerprint density at radius 3 is 2.19 bits per heavy atom. The first-order chi connectivity index (χ1) is 13.0. The lowest BCUT2D eigenvalue weighted by molar-refractivity contribution is -0.255. The number of carbonyl (C=O) groups excluding carboxylic acids is 3. The van der Waals surface area contributed by atoms with E-state index in [9.17, 15) is 19.5 Å². The number of carboxylic acids is 1. The molecular formula is C22H13O5-. The third kappa shape index (κ3) is 2.79. The van der Waals surface area contributed by atoms with E-state index in [4.69, 9.17) is 4.42 Å². The molecule has 1 aliphatic carbocycles. The predicted molar refractivity (Wildman–Crippen MR) is 96.3 cm³/mol. The van der Waals surface area contributed by atoms with Crippen LogP contribution in [-0.2, 0) is 0 Å². The number of fused-ring (bicyclic) bond motifs is 1. The fraction of sp³-hybridized carbons (Fsp3) is 0.0455. The van der Waals surface area contributed by atoms with Crippen LogP contribution in [0.3, 0.4) is 0 Å². The molecule has 0 amide bonds. The fourth-order valence-electron chi connectivity index (χ4n) is 3.19. The first-order valence-electron chi connectivity index (χ1n) is 8.28. The van der Waals surface area contributed by atoms with Crippen molar-refractivity contribution in [3.05, 3.63) is 88.2 Å². The fourth-order valence-corrected chi connectivity index (χ4v) is 3.19. The van der Waals surface area contributed by atoms with E-state index in [0.29, 0.717) is 28.2 Å². The summed E-state index contributed by atoms with van der Waals surface area (Å²) in [5, 5.41) is 10.9. The zero-order valence-electron chi connectivity index (χ0n) is 14.3. The van der Waals surface area contributed by atoms with Crippen molar-refractivity contribution in [2.75, 3.05) is 0 Å². The van der Waals surface area contributed by atoms with Crippen LogP contribution in [0.1, 0.15) is 42.4 Å². The van der Waals surface area contributed by atoms with Crippen molar-refractivity contribution >= 4 is 23.6 Å². The zero-order chi connectivity index (χ0) is 19.1. The molecule has 5 nitrogen and oxygen atoms in total. The quantitative estimate of drug-likeness (QED) is 0.531. The molecule has 0 saturated heterocycles. The van der Waals surface area contributed by atoms with Crippen LogP contribution >= 0.6 is 0 Å². The molecule has 0 unspecified atom stereocenters. The minimum Gasteiger partial charge on any atom is -0.545 e. The van der Waals surface area contributed by atoms with Gasteiger partial charge in [-0.05, 0) is 42.3 Å². The van der Waals surface area contributed by atoms with Crippen molar-refractivity contribution in [1.29, 1.82) is 0 Å². The van der Waals surface area contributed by atoms with Gasteiger partial charge in [-0.1, -0.05) is 36.4 Å². The summed E-state index contributed by atoms with van der Waals surface area (Å²) in [5.41, 5.74) is 2.39. The number of rotatable bonds is 3. The van der Waals surface area contributed by atoms with Gasteiger partial charge in [0.25, 0.3) is 0 Å². The number of aromatic carboxylic acids is 1. The Balaban J connectivity index is 1.69. The van der Waals surface area contributed by atoms with Crippen molar-refractivity contribution in [2.24, 2.45) is 0 Å². The second-order valence-corrected chi connectivity index (χ2v) is 6.28. The van der Waals surface area contributed by atoms with Gasteiger partial charge in [-0.2, -0.15) is 0 Å². The van der Waals surface area contributed by atoms with Gasteiger partial charge in [0.15, 0.2) is 11.6 Å². The van der Waals surface area contributed by atoms with Gasteiger partial charge in [-0.3, -0.25) is 9.59 Å². The van der Waals surface area contributed by atoms with E-state index in [1.54, 1.807) is 49.4 Å². The Bertz CT molecular complexity index is 1110. The van der Waals surface area contributed by atoms with Crippen LogP contribution in [0.2, 0.25) is 0 Å². The maximum absolute atomic E-state index is 12.5. The molecule has 1 aliphatic rings. The number of hydrogen-bond donors (Lipinski definition) is 0. The van der Waals surface area contributed by atoms with Gasteiger partial charge in [-0.15, -0.1) is 0 Å². The van der Waals surface area contributed by atoms with E-state index >= 15 is 0 Å². The summed E-state index contributed by atoms with van der Waals surface area (Å²) in [4.78, 5) is 35.9. The number of aryl methyl sites for hydroxylation is 1. The molecule has 1 aromatic heterocycles. The Morgan fingerprint density at radius 2 is 1.59 bits per heavy atom. The standard InChI is InChI=1S/C22H14O5/c1-12-10-13(22(25)26)6-8-15(12)19-9-7-14(27-19)11-18-20(23)16-4-2-3-5-17(16)21(18)24/h2-11H,1H3,(H,25,26)/p-1. The second-order valence-electron chi connectivity index (χ2n) is 6.28. The number of carbonyl (C=O) groups is 3. The van der Waals surface area contributed by atoms with Crippen molar-refractivity contribution in [3.63, 3.8) is 0 Å². The Hall–Kier alpha value is -3.73. The SMILES string of the molecule is Cc1cc(C(=O)[O-])ccc1-c1ccc(C=C2C(=O)c3ccccc3C2=O)o1. The number of Topliss-reactive ketones (excluding diaryl/α,β-unsaturated/α-hetero) is 2.